The highest BCUT2D eigenvalue weighted by atomic mass is 19.4. The van der Waals surface area contributed by atoms with E-state index in [1.54, 1.807) is 26.8 Å². The van der Waals surface area contributed by atoms with Crippen molar-refractivity contribution in [1.82, 2.24) is 4.90 Å². The SMILES string of the molecule is CC(C)(C)OC(=O)N1CCC(C(O)(c2ccccc2)C(F)(F)F)CC1. The Morgan fingerprint density at radius 3 is 2.08 bits per heavy atom. The first-order valence-electron chi connectivity index (χ1n) is 8.27. The molecule has 1 unspecified atom stereocenters. The number of piperidine rings is 1. The molecule has 1 atom stereocenters. The van der Waals surface area contributed by atoms with Crippen LogP contribution >= 0.6 is 0 Å². The van der Waals surface area contributed by atoms with E-state index in [4.69, 9.17) is 4.74 Å². The van der Waals surface area contributed by atoms with Crippen molar-refractivity contribution in [2.75, 3.05) is 13.1 Å². The Kier molecular flexibility index (Phi) is 5.37. The normalized spacial score (nSPS) is 19.4. The molecule has 140 valence electrons. The fourth-order valence-electron chi connectivity index (χ4n) is 3.13. The van der Waals surface area contributed by atoms with Crippen LogP contribution in [0, 0.1) is 5.92 Å². The molecule has 1 aromatic rings. The molecule has 0 spiro atoms. The molecule has 0 aliphatic carbocycles. The first-order valence-corrected chi connectivity index (χ1v) is 8.27. The minimum Gasteiger partial charge on any atom is -0.444 e. The maximum Gasteiger partial charge on any atom is 0.421 e. The predicted octanol–water partition coefficient (Wildman–Crippen LogP) is 4.08. The highest BCUT2D eigenvalue weighted by Crippen LogP contribution is 2.47. The number of aliphatic hydroxyl groups is 1. The van der Waals surface area contributed by atoms with E-state index in [0.717, 1.165) is 0 Å². The van der Waals surface area contributed by atoms with Gasteiger partial charge in [0.2, 0.25) is 0 Å². The number of nitrogens with zero attached hydrogens (tertiary/aromatic N) is 1. The van der Waals surface area contributed by atoms with Crippen LogP contribution in [0.4, 0.5) is 18.0 Å². The summed E-state index contributed by atoms with van der Waals surface area (Å²) < 4.78 is 46.3. The lowest BCUT2D eigenvalue weighted by Gasteiger charge is -2.42. The van der Waals surface area contributed by atoms with Crippen LogP contribution in [-0.4, -0.2) is 41.0 Å². The largest absolute Gasteiger partial charge is 0.444 e. The van der Waals surface area contributed by atoms with Gasteiger partial charge in [-0.25, -0.2) is 4.79 Å². The van der Waals surface area contributed by atoms with E-state index in [2.05, 4.69) is 0 Å². The maximum absolute atomic E-state index is 13.7. The summed E-state index contributed by atoms with van der Waals surface area (Å²) in [5, 5.41) is 10.6. The van der Waals surface area contributed by atoms with Crippen molar-refractivity contribution >= 4 is 6.09 Å². The first-order chi connectivity index (χ1) is 11.4. The molecule has 0 saturated carbocycles. The molecule has 1 aliphatic rings. The van der Waals surface area contributed by atoms with E-state index in [9.17, 15) is 23.1 Å². The summed E-state index contributed by atoms with van der Waals surface area (Å²) in [6.07, 6.45) is -5.25. The summed E-state index contributed by atoms with van der Waals surface area (Å²) in [4.78, 5) is 13.4. The molecule has 25 heavy (non-hydrogen) atoms. The second-order valence-corrected chi connectivity index (χ2v) is 7.37. The third-order valence-electron chi connectivity index (χ3n) is 4.38. The molecular weight excluding hydrogens is 335 g/mol. The molecule has 1 fully saturated rings. The fourth-order valence-corrected chi connectivity index (χ4v) is 3.13. The third-order valence-corrected chi connectivity index (χ3v) is 4.38. The molecule has 0 aromatic heterocycles. The molecule has 0 bridgehead atoms. The zero-order chi connectivity index (χ0) is 18.9. The zero-order valence-corrected chi connectivity index (χ0v) is 14.6. The zero-order valence-electron chi connectivity index (χ0n) is 14.6. The van der Waals surface area contributed by atoms with Crippen molar-refractivity contribution in [3.63, 3.8) is 0 Å². The summed E-state index contributed by atoms with van der Waals surface area (Å²) in [5.74, 6) is -1.02. The minimum absolute atomic E-state index is 0.0458. The lowest BCUT2D eigenvalue weighted by molar-refractivity contribution is -0.290. The van der Waals surface area contributed by atoms with Crippen LogP contribution in [0.25, 0.3) is 0 Å². The molecule has 1 aromatic carbocycles. The van der Waals surface area contributed by atoms with E-state index >= 15 is 0 Å². The van der Waals surface area contributed by atoms with Gasteiger partial charge < -0.3 is 14.7 Å². The van der Waals surface area contributed by atoms with Gasteiger partial charge in [0, 0.05) is 19.0 Å². The number of carbonyl (C=O) groups excluding carboxylic acids is 1. The summed E-state index contributed by atoms with van der Waals surface area (Å²) in [5.41, 5.74) is -3.75. The average molecular weight is 359 g/mol. The molecule has 4 nitrogen and oxygen atoms in total. The van der Waals surface area contributed by atoms with Gasteiger partial charge in [0.1, 0.15) is 5.60 Å². The van der Waals surface area contributed by atoms with E-state index in [-0.39, 0.29) is 31.5 Å². The number of carbonyl (C=O) groups is 1. The molecule has 1 saturated heterocycles. The Balaban J connectivity index is 2.15. The van der Waals surface area contributed by atoms with Gasteiger partial charge in [-0.2, -0.15) is 13.2 Å². The van der Waals surface area contributed by atoms with Crippen LogP contribution < -0.4 is 0 Å². The summed E-state index contributed by atoms with van der Waals surface area (Å²) in [6, 6.07) is 7.12. The predicted molar refractivity (Wildman–Crippen MR) is 86.9 cm³/mol. The quantitative estimate of drug-likeness (QED) is 0.865. The van der Waals surface area contributed by atoms with Crippen molar-refractivity contribution in [3.05, 3.63) is 35.9 Å². The molecule has 2 rings (SSSR count). The van der Waals surface area contributed by atoms with Gasteiger partial charge in [-0.1, -0.05) is 30.3 Å². The summed E-state index contributed by atoms with van der Waals surface area (Å²) >= 11 is 0. The lowest BCUT2D eigenvalue weighted by Crippen LogP contribution is -2.53. The highest BCUT2D eigenvalue weighted by Gasteiger charge is 2.59. The number of hydrogen-bond donors (Lipinski definition) is 1. The van der Waals surface area contributed by atoms with Crippen LogP contribution in [0.3, 0.4) is 0 Å². The number of likely N-dealkylation sites (tertiary alicyclic amines) is 1. The van der Waals surface area contributed by atoms with Gasteiger partial charge in [0.25, 0.3) is 0 Å². The van der Waals surface area contributed by atoms with Crippen LogP contribution in [0.5, 0.6) is 0 Å². The van der Waals surface area contributed by atoms with Crippen molar-refractivity contribution in [2.24, 2.45) is 5.92 Å². The topological polar surface area (TPSA) is 49.8 Å². The average Bonchev–Trinajstić information content (AvgIpc) is 2.52. The van der Waals surface area contributed by atoms with Crippen LogP contribution in [-0.2, 0) is 10.3 Å². The Morgan fingerprint density at radius 1 is 1.12 bits per heavy atom. The minimum atomic E-state index is -4.80. The second-order valence-electron chi connectivity index (χ2n) is 7.37. The van der Waals surface area contributed by atoms with Crippen molar-refractivity contribution in [2.45, 2.75) is 51.0 Å². The number of hydrogen-bond acceptors (Lipinski definition) is 3. The Morgan fingerprint density at radius 2 is 1.64 bits per heavy atom. The highest BCUT2D eigenvalue weighted by molar-refractivity contribution is 5.68. The number of amides is 1. The van der Waals surface area contributed by atoms with Crippen molar-refractivity contribution in [3.8, 4) is 0 Å². The van der Waals surface area contributed by atoms with Gasteiger partial charge in [-0.3, -0.25) is 0 Å². The molecule has 1 aliphatic heterocycles. The van der Waals surface area contributed by atoms with Crippen LogP contribution in [0.15, 0.2) is 30.3 Å². The van der Waals surface area contributed by atoms with E-state index in [1.807, 2.05) is 0 Å². The van der Waals surface area contributed by atoms with Gasteiger partial charge >= 0.3 is 12.3 Å². The lowest BCUT2D eigenvalue weighted by atomic mass is 9.75. The standard InChI is InChI=1S/C18H24F3NO3/c1-16(2,3)25-15(23)22-11-9-14(10-12-22)17(24,18(19,20)21)13-7-5-4-6-8-13/h4-8,14,24H,9-12H2,1-3H3. The molecule has 1 heterocycles. The number of rotatable bonds is 2. The number of alkyl halides is 3. The van der Waals surface area contributed by atoms with Crippen LogP contribution in [0.1, 0.15) is 39.2 Å². The number of benzene rings is 1. The second kappa shape index (κ2) is 6.86. The smallest absolute Gasteiger partial charge is 0.421 e. The van der Waals surface area contributed by atoms with Gasteiger partial charge in [0.05, 0.1) is 0 Å². The fraction of sp³-hybridized carbons (Fsp3) is 0.611. The number of ether oxygens (including phenoxy) is 1. The Bertz CT molecular complexity index is 590. The van der Waals surface area contributed by atoms with E-state index < -0.39 is 29.4 Å². The van der Waals surface area contributed by atoms with E-state index in [1.165, 1.54) is 29.2 Å². The molecule has 7 heteroatoms. The Hall–Kier alpha value is -1.76. The third kappa shape index (κ3) is 4.26. The molecular formula is C18H24F3NO3. The van der Waals surface area contributed by atoms with Crippen molar-refractivity contribution < 1.29 is 27.8 Å². The van der Waals surface area contributed by atoms with Gasteiger partial charge in [0.15, 0.2) is 5.60 Å². The number of halogens is 3. The molecule has 0 radical (unpaired) electrons. The van der Waals surface area contributed by atoms with E-state index in [0.29, 0.717) is 0 Å². The molecule has 1 N–H and O–H groups in total. The van der Waals surface area contributed by atoms with Crippen molar-refractivity contribution in [1.29, 1.82) is 0 Å². The van der Waals surface area contributed by atoms with Gasteiger partial charge in [-0.05, 0) is 39.2 Å². The summed E-state index contributed by atoms with van der Waals surface area (Å²) in [6.45, 7) is 5.43. The molecule has 1 amide bonds. The van der Waals surface area contributed by atoms with Crippen LogP contribution in [0.2, 0.25) is 0 Å². The maximum atomic E-state index is 13.7. The Labute approximate surface area is 145 Å². The monoisotopic (exact) mass is 359 g/mol. The summed E-state index contributed by atoms with van der Waals surface area (Å²) in [7, 11) is 0. The first kappa shape index (κ1) is 19.6. The van der Waals surface area contributed by atoms with Gasteiger partial charge in [-0.15, -0.1) is 0 Å².